The van der Waals surface area contributed by atoms with E-state index in [1.165, 1.54) is 0 Å². The molecule has 128 valence electrons. The molecule has 2 rings (SSSR count). The average Bonchev–Trinajstić information content (AvgIpc) is 2.54. The van der Waals surface area contributed by atoms with Crippen LogP contribution in [0.5, 0.6) is 0 Å². The number of amides is 1. The van der Waals surface area contributed by atoms with E-state index in [9.17, 15) is 4.79 Å². The van der Waals surface area contributed by atoms with Gasteiger partial charge in [-0.15, -0.1) is 0 Å². The summed E-state index contributed by atoms with van der Waals surface area (Å²) in [5, 5.41) is 0.340. The molecule has 6 heteroatoms. The number of carbonyl (C=O) groups is 1. The molecule has 2 unspecified atom stereocenters. The summed E-state index contributed by atoms with van der Waals surface area (Å²) in [4.78, 5) is 20.6. The van der Waals surface area contributed by atoms with Gasteiger partial charge in [-0.2, -0.15) is 0 Å². The zero-order chi connectivity index (χ0) is 16.8. The number of aromatic nitrogens is 1. The van der Waals surface area contributed by atoms with Crippen LogP contribution in [-0.2, 0) is 4.74 Å². The Morgan fingerprint density at radius 1 is 1.57 bits per heavy atom. The van der Waals surface area contributed by atoms with Crippen molar-refractivity contribution in [2.24, 2.45) is 5.92 Å². The maximum Gasteiger partial charge on any atom is 0.272 e. The minimum atomic E-state index is -0.0981. The molecule has 5 nitrogen and oxygen atoms in total. The molecule has 0 aromatic carbocycles. The summed E-state index contributed by atoms with van der Waals surface area (Å²) in [7, 11) is 1.81. The molecule has 1 aliphatic rings. The Kier molecular flexibility index (Phi) is 6.81. The second-order valence-electron chi connectivity index (χ2n) is 6.26. The van der Waals surface area contributed by atoms with Gasteiger partial charge in [0.2, 0.25) is 0 Å². The monoisotopic (exact) mass is 339 g/mol. The predicted octanol–water partition coefficient (Wildman–Crippen LogP) is 2.55. The molecule has 2 heterocycles. The van der Waals surface area contributed by atoms with Crippen LogP contribution in [0.2, 0.25) is 5.15 Å². The highest BCUT2D eigenvalue weighted by Crippen LogP contribution is 2.16. The van der Waals surface area contributed by atoms with Crippen LogP contribution >= 0.6 is 11.6 Å². The van der Waals surface area contributed by atoms with Gasteiger partial charge in [0.1, 0.15) is 10.8 Å². The average molecular weight is 340 g/mol. The van der Waals surface area contributed by atoms with Crippen LogP contribution < -0.4 is 0 Å². The molecule has 23 heavy (non-hydrogen) atoms. The zero-order valence-corrected chi connectivity index (χ0v) is 14.9. The first-order valence-electron chi connectivity index (χ1n) is 8.21. The number of hydrogen-bond donors (Lipinski definition) is 0. The molecular weight excluding hydrogens is 314 g/mol. The lowest BCUT2D eigenvalue weighted by atomic mass is 10.0. The van der Waals surface area contributed by atoms with E-state index in [4.69, 9.17) is 16.3 Å². The molecule has 1 aliphatic heterocycles. The van der Waals surface area contributed by atoms with E-state index in [0.717, 1.165) is 32.7 Å². The topological polar surface area (TPSA) is 45.7 Å². The lowest BCUT2D eigenvalue weighted by Gasteiger charge is -2.34. The molecule has 2 atom stereocenters. The quantitative estimate of drug-likeness (QED) is 0.747. The second kappa shape index (κ2) is 8.62. The number of nitrogens with zero attached hydrogens (tertiary/aromatic N) is 3. The summed E-state index contributed by atoms with van der Waals surface area (Å²) in [6.45, 7) is 8.87. The van der Waals surface area contributed by atoms with Crippen LogP contribution in [0.15, 0.2) is 18.2 Å². The summed E-state index contributed by atoms with van der Waals surface area (Å²) in [5.41, 5.74) is 0.387. The van der Waals surface area contributed by atoms with Gasteiger partial charge in [-0.25, -0.2) is 4.98 Å². The van der Waals surface area contributed by atoms with Crippen molar-refractivity contribution in [1.82, 2.24) is 14.8 Å². The molecule has 0 spiro atoms. The summed E-state index contributed by atoms with van der Waals surface area (Å²) in [6.07, 6.45) is 1.21. The number of ether oxygens (including phenoxy) is 1. The fourth-order valence-corrected chi connectivity index (χ4v) is 3.17. The summed E-state index contributed by atoms with van der Waals surface area (Å²) in [6, 6.07) is 5.11. The van der Waals surface area contributed by atoms with Gasteiger partial charge in [-0.05, 0) is 31.0 Å². The van der Waals surface area contributed by atoms with E-state index in [0.29, 0.717) is 23.3 Å². The van der Waals surface area contributed by atoms with E-state index in [1.807, 2.05) is 7.05 Å². The Bertz CT molecular complexity index is 526. The second-order valence-corrected chi connectivity index (χ2v) is 6.65. The van der Waals surface area contributed by atoms with Crippen molar-refractivity contribution in [3.8, 4) is 0 Å². The fraction of sp³-hybridized carbons (Fsp3) is 0.647. The van der Waals surface area contributed by atoms with Gasteiger partial charge in [0.15, 0.2) is 0 Å². The van der Waals surface area contributed by atoms with Crippen molar-refractivity contribution in [3.05, 3.63) is 29.0 Å². The standard InChI is InChI=1S/C17H26ClN3O2/c1-4-21-8-9-23-14(12-21)10-13(2)11-20(3)17(22)15-6-5-7-16(18)19-15/h5-7,13-14H,4,8-12H2,1-3H3. The molecule has 1 aromatic rings. The van der Waals surface area contributed by atoms with Crippen molar-refractivity contribution in [3.63, 3.8) is 0 Å². The number of halogens is 1. The van der Waals surface area contributed by atoms with Gasteiger partial charge < -0.3 is 9.64 Å². The molecule has 1 saturated heterocycles. The smallest absolute Gasteiger partial charge is 0.272 e. The highest BCUT2D eigenvalue weighted by molar-refractivity contribution is 6.29. The van der Waals surface area contributed by atoms with Gasteiger partial charge in [0, 0.05) is 26.7 Å². The maximum absolute atomic E-state index is 12.4. The third-order valence-corrected chi connectivity index (χ3v) is 4.41. The minimum absolute atomic E-state index is 0.0981. The third-order valence-electron chi connectivity index (χ3n) is 4.20. The number of rotatable bonds is 6. The first-order valence-corrected chi connectivity index (χ1v) is 8.59. The van der Waals surface area contributed by atoms with E-state index >= 15 is 0 Å². The largest absolute Gasteiger partial charge is 0.376 e. The molecule has 1 fully saturated rings. The van der Waals surface area contributed by atoms with Crippen LogP contribution in [0.1, 0.15) is 30.8 Å². The van der Waals surface area contributed by atoms with Gasteiger partial charge in [-0.1, -0.05) is 31.5 Å². The van der Waals surface area contributed by atoms with Crippen LogP contribution in [-0.4, -0.2) is 66.6 Å². The summed E-state index contributed by atoms with van der Waals surface area (Å²) in [5.74, 6) is 0.268. The maximum atomic E-state index is 12.4. The van der Waals surface area contributed by atoms with Crippen LogP contribution in [0.4, 0.5) is 0 Å². The normalized spacial score (nSPS) is 20.3. The van der Waals surface area contributed by atoms with Crippen LogP contribution in [0.25, 0.3) is 0 Å². The van der Waals surface area contributed by atoms with Gasteiger partial charge in [0.05, 0.1) is 12.7 Å². The van der Waals surface area contributed by atoms with E-state index in [2.05, 4.69) is 23.7 Å². The molecule has 0 radical (unpaired) electrons. The number of carbonyl (C=O) groups excluding carboxylic acids is 1. The van der Waals surface area contributed by atoms with Crippen molar-refractivity contribution in [2.45, 2.75) is 26.4 Å². The minimum Gasteiger partial charge on any atom is -0.376 e. The molecule has 0 N–H and O–H groups in total. The summed E-state index contributed by atoms with van der Waals surface area (Å²) < 4.78 is 5.85. The Balaban J connectivity index is 1.84. The number of hydrogen-bond acceptors (Lipinski definition) is 4. The Morgan fingerprint density at radius 2 is 2.35 bits per heavy atom. The van der Waals surface area contributed by atoms with Crippen LogP contribution in [0.3, 0.4) is 0 Å². The molecule has 0 bridgehead atoms. The molecule has 1 aromatic heterocycles. The third kappa shape index (κ3) is 5.44. The van der Waals surface area contributed by atoms with Gasteiger partial charge in [-0.3, -0.25) is 9.69 Å². The van der Waals surface area contributed by atoms with Crippen molar-refractivity contribution < 1.29 is 9.53 Å². The Morgan fingerprint density at radius 3 is 3.04 bits per heavy atom. The summed E-state index contributed by atoms with van der Waals surface area (Å²) >= 11 is 5.85. The molecule has 0 aliphatic carbocycles. The number of morpholine rings is 1. The van der Waals surface area contributed by atoms with Gasteiger partial charge >= 0.3 is 0 Å². The fourth-order valence-electron chi connectivity index (χ4n) is 3.01. The number of likely N-dealkylation sites (N-methyl/N-ethyl adjacent to an activating group) is 1. The number of pyridine rings is 1. The SMILES string of the molecule is CCN1CCOC(CC(C)CN(C)C(=O)c2cccc(Cl)n2)C1. The first kappa shape index (κ1) is 18.2. The lowest BCUT2D eigenvalue weighted by Crippen LogP contribution is -2.43. The zero-order valence-electron chi connectivity index (χ0n) is 14.2. The van der Waals surface area contributed by atoms with E-state index in [1.54, 1.807) is 23.1 Å². The van der Waals surface area contributed by atoms with Gasteiger partial charge in [0.25, 0.3) is 5.91 Å². The van der Waals surface area contributed by atoms with E-state index in [-0.39, 0.29) is 12.0 Å². The highest BCUT2D eigenvalue weighted by Gasteiger charge is 2.23. The van der Waals surface area contributed by atoms with Crippen molar-refractivity contribution in [1.29, 1.82) is 0 Å². The lowest BCUT2D eigenvalue weighted by molar-refractivity contribution is -0.0376. The Hall–Kier alpha value is -1.17. The molecule has 1 amide bonds. The molecule has 0 saturated carbocycles. The molecular formula is C17H26ClN3O2. The van der Waals surface area contributed by atoms with Crippen molar-refractivity contribution >= 4 is 17.5 Å². The van der Waals surface area contributed by atoms with Crippen molar-refractivity contribution in [2.75, 3.05) is 39.8 Å². The van der Waals surface area contributed by atoms with Crippen LogP contribution in [0, 0.1) is 5.92 Å². The van der Waals surface area contributed by atoms with E-state index < -0.39 is 0 Å². The predicted molar refractivity (Wildman–Crippen MR) is 91.8 cm³/mol. The first-order chi connectivity index (χ1) is 11.0. The Labute approximate surface area is 143 Å². The highest BCUT2D eigenvalue weighted by atomic mass is 35.5.